The topological polar surface area (TPSA) is 392 Å². The Kier molecular flexibility index (Phi) is 20.4. The van der Waals surface area contributed by atoms with Gasteiger partial charge < -0.3 is 99.8 Å². The Hall–Kier alpha value is -3.77. The molecular formula is C39H61N3O22. The number of aromatic nitrogens is 1. The van der Waals surface area contributed by atoms with Gasteiger partial charge in [-0.05, 0) is 18.9 Å². The fourth-order valence-electron chi connectivity index (χ4n) is 7.63. The van der Waals surface area contributed by atoms with Gasteiger partial charge in [0.15, 0.2) is 12.6 Å². The lowest BCUT2D eigenvalue weighted by molar-refractivity contribution is -0.382. The summed E-state index contributed by atoms with van der Waals surface area (Å²) in [5.74, 6) is -6.96. The number of nitrogens with one attached hydrogen (secondary N) is 3. The Morgan fingerprint density at radius 1 is 0.859 bits per heavy atom. The van der Waals surface area contributed by atoms with Crippen LogP contribution in [0.3, 0.4) is 0 Å². The van der Waals surface area contributed by atoms with Gasteiger partial charge in [-0.15, -0.1) is 0 Å². The summed E-state index contributed by atoms with van der Waals surface area (Å²) >= 11 is 0. The van der Waals surface area contributed by atoms with E-state index in [-0.39, 0.29) is 18.1 Å². The third-order valence-electron chi connectivity index (χ3n) is 11.1. The highest BCUT2D eigenvalue weighted by molar-refractivity contribution is 5.94. The molecule has 0 spiro atoms. The van der Waals surface area contributed by atoms with Crippen LogP contribution in [-0.4, -0.2) is 211 Å². The number of carboxylic acid groups (broad SMARTS) is 1. The third-order valence-corrected chi connectivity index (χ3v) is 11.1. The first kappa shape index (κ1) is 52.9. The normalized spacial score (nSPS) is 34.0. The smallest absolute Gasteiger partial charge is 0.364 e. The lowest BCUT2D eigenvalue weighted by Gasteiger charge is -2.51. The molecule has 0 aliphatic carbocycles. The van der Waals surface area contributed by atoms with Crippen LogP contribution in [0.5, 0.6) is 0 Å². The van der Waals surface area contributed by atoms with Gasteiger partial charge in [-0.25, -0.2) is 4.79 Å². The summed E-state index contributed by atoms with van der Waals surface area (Å²) in [5.41, 5.74) is -0.550. The molecule has 4 rings (SSSR count). The molecule has 25 nitrogen and oxygen atoms in total. The van der Waals surface area contributed by atoms with Crippen LogP contribution < -0.4 is 16.2 Å². The van der Waals surface area contributed by atoms with Crippen molar-refractivity contribution in [2.45, 2.75) is 156 Å². The molecular weight excluding hydrogens is 862 g/mol. The molecule has 25 heteroatoms. The van der Waals surface area contributed by atoms with Crippen molar-refractivity contribution in [3.63, 3.8) is 0 Å². The van der Waals surface area contributed by atoms with E-state index >= 15 is 0 Å². The number of hydrogen-bond acceptors (Lipinski definition) is 21. The molecule has 0 bridgehead atoms. The molecule has 4 heterocycles. The molecule has 3 aliphatic rings. The van der Waals surface area contributed by atoms with Crippen molar-refractivity contribution < 1.29 is 103 Å². The molecule has 16 atom stereocenters. The van der Waals surface area contributed by atoms with Gasteiger partial charge in [0.25, 0.3) is 11.7 Å². The molecule has 0 aromatic carbocycles. The Balaban J connectivity index is 1.56. The Morgan fingerprint density at radius 2 is 1.52 bits per heavy atom. The van der Waals surface area contributed by atoms with Gasteiger partial charge >= 0.3 is 11.9 Å². The minimum atomic E-state index is -3.09. The zero-order valence-electron chi connectivity index (χ0n) is 35.2. The van der Waals surface area contributed by atoms with E-state index in [9.17, 15) is 75.0 Å². The number of rotatable bonds is 23. The number of hydrogen-bond donors (Lipinski definition) is 13. The van der Waals surface area contributed by atoms with E-state index in [1.807, 2.05) is 0 Å². The number of pyridine rings is 1. The fraction of sp³-hybridized carbons (Fsp3) is 0.769. The van der Waals surface area contributed by atoms with Crippen molar-refractivity contribution in [2.75, 3.05) is 33.5 Å². The molecule has 3 saturated heterocycles. The largest absolute Gasteiger partial charge is 0.477 e. The van der Waals surface area contributed by atoms with E-state index in [0.717, 1.165) is 38.4 Å². The number of aliphatic carboxylic acids is 1. The van der Waals surface area contributed by atoms with Crippen molar-refractivity contribution in [2.24, 2.45) is 0 Å². The lowest BCUT2D eigenvalue weighted by Crippen LogP contribution is -2.71. The average molecular weight is 924 g/mol. The van der Waals surface area contributed by atoms with E-state index in [0.29, 0.717) is 25.7 Å². The van der Waals surface area contributed by atoms with E-state index in [4.69, 9.17) is 28.4 Å². The summed E-state index contributed by atoms with van der Waals surface area (Å²) in [6.07, 6.45) is -20.2. The minimum Gasteiger partial charge on any atom is -0.477 e. The van der Waals surface area contributed by atoms with Gasteiger partial charge in [0.2, 0.25) is 11.5 Å². The predicted molar refractivity (Wildman–Crippen MR) is 210 cm³/mol. The molecule has 1 aromatic rings. The number of esters is 1. The van der Waals surface area contributed by atoms with Crippen molar-refractivity contribution in [3.8, 4) is 0 Å². The zero-order valence-corrected chi connectivity index (χ0v) is 35.2. The van der Waals surface area contributed by atoms with Crippen LogP contribution in [0.4, 0.5) is 0 Å². The number of carbonyl (C=O) groups is 4. The molecule has 11 unspecified atom stereocenters. The Labute approximate surface area is 366 Å². The van der Waals surface area contributed by atoms with Gasteiger partial charge in [0.1, 0.15) is 67.1 Å². The summed E-state index contributed by atoms with van der Waals surface area (Å²) < 4.78 is 39.5. The number of carboxylic acids is 1. The summed E-state index contributed by atoms with van der Waals surface area (Å²) in [5, 5.41) is 112. The standard InChI is InChI=1S/C39H61N3O22/c1-18(46)41-26-20(47)13-39(38(56)57,63-33(26)28(51)21(48)15-43)64-34-29(52)22(16-44)60-37(31(34)54)62-32-23(17-45)61-36(59-12-8-6-4-3-5-7-9-25(50)58-2)27(30(32)53)42-35(55)19-10-11-24(49)40-14-19/h10-11,14,20-23,26-34,36-37,43-45,47-48,51-54H,3-9,12-13,15-17H2,1-2H3,(H,40,49)(H,41,46)(H,42,55)(H,56,57)/t20?,21?,22?,23?,26-,27?,28?,29+,30?,31?,32-,33?,34?,36-,37?,39+/m1/s1. The number of aromatic amines is 1. The minimum absolute atomic E-state index is 0.0447. The number of methoxy groups -OCH3 is 1. The van der Waals surface area contributed by atoms with Crippen LogP contribution in [-0.2, 0) is 47.5 Å². The second-order valence-electron chi connectivity index (χ2n) is 15.7. The summed E-state index contributed by atoms with van der Waals surface area (Å²) in [4.78, 5) is 63.6. The second kappa shape index (κ2) is 24.7. The first-order valence-corrected chi connectivity index (χ1v) is 20.8. The molecule has 2 amide bonds. The highest BCUT2D eigenvalue weighted by atomic mass is 16.8. The first-order valence-electron chi connectivity index (χ1n) is 20.8. The third kappa shape index (κ3) is 13.4. The molecule has 64 heavy (non-hydrogen) atoms. The number of aliphatic hydroxyl groups excluding tert-OH is 9. The fourth-order valence-corrected chi connectivity index (χ4v) is 7.63. The number of amides is 2. The molecule has 3 aliphatic heterocycles. The number of ether oxygens (including phenoxy) is 7. The van der Waals surface area contributed by atoms with Crippen LogP contribution in [0.2, 0.25) is 0 Å². The monoisotopic (exact) mass is 923 g/mol. The van der Waals surface area contributed by atoms with E-state index < -0.39 is 147 Å². The van der Waals surface area contributed by atoms with E-state index in [1.165, 1.54) is 13.2 Å². The first-order chi connectivity index (χ1) is 30.4. The number of unbranched alkanes of at least 4 members (excludes halogenated alkanes) is 5. The van der Waals surface area contributed by atoms with Crippen molar-refractivity contribution in [3.05, 3.63) is 34.2 Å². The second-order valence-corrected chi connectivity index (χ2v) is 15.7. The SMILES string of the molecule is COC(=O)CCCCCCCCO[C@@H]1OC(CO)[C@@H](OC2OC(CO)[C@H](O)C(O[C@]3(C(=O)O)CC(O)[C@@H](NC(C)=O)C(C(O)C(O)CO)O3)C2O)C(O)C1NC(=O)c1ccc(=O)[nH]c1. The van der Waals surface area contributed by atoms with Crippen LogP contribution in [0.1, 0.15) is 68.6 Å². The van der Waals surface area contributed by atoms with Crippen molar-refractivity contribution >= 4 is 23.8 Å². The van der Waals surface area contributed by atoms with Crippen LogP contribution in [0.25, 0.3) is 0 Å². The number of aliphatic hydroxyl groups is 9. The van der Waals surface area contributed by atoms with Gasteiger partial charge in [0.05, 0.1) is 44.6 Å². The molecule has 13 N–H and O–H groups in total. The Bertz CT molecular complexity index is 1700. The van der Waals surface area contributed by atoms with Gasteiger partial charge in [-0.2, -0.15) is 0 Å². The summed E-state index contributed by atoms with van der Waals surface area (Å²) in [6.45, 7) is -1.86. The zero-order chi connectivity index (χ0) is 47.3. The quantitative estimate of drug-likeness (QED) is 0.0360. The number of carbonyl (C=O) groups excluding carboxylic acids is 3. The van der Waals surface area contributed by atoms with Gasteiger partial charge in [-0.3, -0.25) is 19.2 Å². The van der Waals surface area contributed by atoms with Crippen LogP contribution in [0, 0.1) is 0 Å². The average Bonchev–Trinajstić information content (AvgIpc) is 3.27. The van der Waals surface area contributed by atoms with Gasteiger partial charge in [0, 0.05) is 38.6 Å². The maximum Gasteiger partial charge on any atom is 0.364 e. The van der Waals surface area contributed by atoms with Gasteiger partial charge in [-0.1, -0.05) is 25.7 Å². The molecule has 0 saturated carbocycles. The molecule has 1 aromatic heterocycles. The highest BCUT2D eigenvalue weighted by Gasteiger charge is 2.60. The van der Waals surface area contributed by atoms with E-state index in [2.05, 4.69) is 20.4 Å². The van der Waals surface area contributed by atoms with Crippen molar-refractivity contribution in [1.82, 2.24) is 15.6 Å². The maximum atomic E-state index is 13.4. The summed E-state index contributed by atoms with van der Waals surface area (Å²) in [7, 11) is 1.32. The van der Waals surface area contributed by atoms with Crippen molar-refractivity contribution in [1.29, 1.82) is 0 Å². The van der Waals surface area contributed by atoms with Crippen LogP contribution >= 0.6 is 0 Å². The lowest BCUT2D eigenvalue weighted by atomic mass is 9.88. The maximum absolute atomic E-state index is 13.4. The molecule has 0 radical (unpaired) electrons. The summed E-state index contributed by atoms with van der Waals surface area (Å²) in [6, 6.07) is -0.778. The Morgan fingerprint density at radius 3 is 2.11 bits per heavy atom. The molecule has 364 valence electrons. The predicted octanol–water partition coefficient (Wildman–Crippen LogP) is -5.17. The molecule has 3 fully saturated rings. The van der Waals surface area contributed by atoms with Crippen LogP contribution in [0.15, 0.2) is 23.1 Å². The van der Waals surface area contributed by atoms with E-state index in [1.54, 1.807) is 0 Å². The number of H-pyrrole nitrogens is 1. The highest BCUT2D eigenvalue weighted by Crippen LogP contribution is 2.38.